The molecule has 5 heteroatoms. The number of aromatic hydroxyl groups is 2. The molecule has 0 aliphatic heterocycles. The summed E-state index contributed by atoms with van der Waals surface area (Å²) in [4.78, 5) is 0. The highest BCUT2D eigenvalue weighted by Gasteiger charge is 2.10. The van der Waals surface area contributed by atoms with Crippen LogP contribution in [0.25, 0.3) is 0 Å². The van der Waals surface area contributed by atoms with Crippen molar-refractivity contribution in [3.8, 4) is 11.5 Å². The normalized spacial score (nSPS) is 12.5. The highest BCUT2D eigenvalue weighted by atomic mass is 16.3. The molecule has 1 aromatic carbocycles. The van der Waals surface area contributed by atoms with Gasteiger partial charge >= 0.3 is 0 Å². The molecule has 20 heavy (non-hydrogen) atoms. The Morgan fingerprint density at radius 1 is 1.35 bits per heavy atom. The van der Waals surface area contributed by atoms with Crippen LogP contribution in [0.3, 0.4) is 0 Å². The van der Waals surface area contributed by atoms with Gasteiger partial charge in [0.1, 0.15) is 11.5 Å². The van der Waals surface area contributed by atoms with Crippen molar-refractivity contribution in [2.45, 2.75) is 32.7 Å². The molecule has 5 nitrogen and oxygen atoms in total. The molecule has 1 heterocycles. The van der Waals surface area contributed by atoms with Crippen molar-refractivity contribution in [3.05, 3.63) is 41.2 Å². The van der Waals surface area contributed by atoms with Crippen molar-refractivity contribution in [3.63, 3.8) is 0 Å². The van der Waals surface area contributed by atoms with Crippen LogP contribution in [0.1, 0.15) is 36.2 Å². The first-order valence-electron chi connectivity index (χ1n) is 6.82. The second kappa shape index (κ2) is 6.43. The number of rotatable bonds is 6. The third-order valence-electron chi connectivity index (χ3n) is 3.49. The van der Waals surface area contributed by atoms with Gasteiger partial charge in [-0.05, 0) is 44.9 Å². The number of benzene rings is 1. The Hall–Kier alpha value is -2.01. The zero-order chi connectivity index (χ0) is 14.5. The fraction of sp³-hybridized carbons (Fsp3) is 0.400. The molecule has 108 valence electrons. The number of aromatic nitrogens is 2. The van der Waals surface area contributed by atoms with Gasteiger partial charge in [-0.15, -0.1) is 0 Å². The van der Waals surface area contributed by atoms with Crippen LogP contribution in [0.4, 0.5) is 0 Å². The van der Waals surface area contributed by atoms with Crippen LogP contribution < -0.4 is 5.32 Å². The summed E-state index contributed by atoms with van der Waals surface area (Å²) in [5, 5.41) is 29.4. The van der Waals surface area contributed by atoms with E-state index in [2.05, 4.69) is 15.5 Å². The molecule has 0 saturated carbocycles. The van der Waals surface area contributed by atoms with Gasteiger partial charge in [-0.2, -0.15) is 5.10 Å². The predicted molar refractivity (Wildman–Crippen MR) is 77.8 cm³/mol. The van der Waals surface area contributed by atoms with Crippen LogP contribution in [0.5, 0.6) is 11.5 Å². The molecule has 0 aliphatic rings. The Morgan fingerprint density at radius 3 is 2.80 bits per heavy atom. The van der Waals surface area contributed by atoms with Crippen molar-refractivity contribution in [1.82, 2.24) is 15.5 Å². The number of nitrogens with zero attached hydrogens (tertiary/aromatic N) is 1. The van der Waals surface area contributed by atoms with E-state index in [-0.39, 0.29) is 17.5 Å². The molecule has 0 bridgehead atoms. The monoisotopic (exact) mass is 275 g/mol. The third kappa shape index (κ3) is 3.51. The summed E-state index contributed by atoms with van der Waals surface area (Å²) in [6.45, 7) is 4.87. The molecule has 0 spiro atoms. The molecule has 2 aromatic rings. The average molecular weight is 275 g/mol. The van der Waals surface area contributed by atoms with E-state index in [1.165, 1.54) is 11.6 Å². The predicted octanol–water partition coefficient (Wildman–Crippen LogP) is 2.41. The molecule has 2 rings (SSSR count). The maximum absolute atomic E-state index is 9.79. The standard InChI is InChI=1S/C15H21N3O2/c1-10-12(9-17-18-10)4-3-7-16-11(2)14-6-5-13(19)8-15(14)20/h5-6,8-9,11,16,19-20H,3-4,7H2,1-2H3,(H,17,18). The van der Waals surface area contributed by atoms with Crippen molar-refractivity contribution in [2.24, 2.45) is 0 Å². The fourth-order valence-corrected chi connectivity index (χ4v) is 2.23. The van der Waals surface area contributed by atoms with E-state index in [4.69, 9.17) is 0 Å². The molecule has 0 amide bonds. The number of phenolic OH excluding ortho intramolecular Hbond substituents is 2. The fourth-order valence-electron chi connectivity index (χ4n) is 2.23. The van der Waals surface area contributed by atoms with Gasteiger partial charge in [0, 0.05) is 23.4 Å². The Morgan fingerprint density at radius 2 is 2.15 bits per heavy atom. The van der Waals surface area contributed by atoms with Crippen molar-refractivity contribution >= 4 is 0 Å². The highest BCUT2D eigenvalue weighted by Crippen LogP contribution is 2.27. The third-order valence-corrected chi connectivity index (χ3v) is 3.49. The number of hydrogen-bond acceptors (Lipinski definition) is 4. The summed E-state index contributed by atoms with van der Waals surface area (Å²) in [7, 11) is 0. The lowest BCUT2D eigenvalue weighted by molar-refractivity contribution is 0.435. The van der Waals surface area contributed by atoms with Gasteiger partial charge in [-0.25, -0.2) is 0 Å². The molecule has 1 aromatic heterocycles. The summed E-state index contributed by atoms with van der Waals surface area (Å²) < 4.78 is 0. The second-order valence-electron chi connectivity index (χ2n) is 5.04. The molecule has 1 unspecified atom stereocenters. The van der Waals surface area contributed by atoms with Gasteiger partial charge in [-0.1, -0.05) is 6.07 Å². The van der Waals surface area contributed by atoms with E-state index >= 15 is 0 Å². The molecule has 0 fully saturated rings. The largest absolute Gasteiger partial charge is 0.508 e. The Kier molecular flexibility index (Phi) is 4.63. The van der Waals surface area contributed by atoms with Crippen LogP contribution in [0.2, 0.25) is 0 Å². The topological polar surface area (TPSA) is 81.2 Å². The Labute approximate surface area is 118 Å². The summed E-state index contributed by atoms with van der Waals surface area (Å²) in [5.41, 5.74) is 3.16. The van der Waals surface area contributed by atoms with Crippen molar-refractivity contribution in [1.29, 1.82) is 0 Å². The van der Waals surface area contributed by atoms with Gasteiger partial charge < -0.3 is 15.5 Å². The Balaban J connectivity index is 1.80. The number of aryl methyl sites for hydroxylation is 2. The highest BCUT2D eigenvalue weighted by molar-refractivity contribution is 5.40. The minimum absolute atomic E-state index is 0.0426. The first kappa shape index (κ1) is 14.4. The van der Waals surface area contributed by atoms with E-state index in [1.54, 1.807) is 12.1 Å². The molecule has 4 N–H and O–H groups in total. The smallest absolute Gasteiger partial charge is 0.124 e. The van der Waals surface area contributed by atoms with Crippen molar-refractivity contribution < 1.29 is 10.2 Å². The molecular formula is C15H21N3O2. The zero-order valence-electron chi connectivity index (χ0n) is 11.8. The average Bonchev–Trinajstić information content (AvgIpc) is 2.80. The van der Waals surface area contributed by atoms with Crippen LogP contribution in [0.15, 0.2) is 24.4 Å². The first-order valence-corrected chi connectivity index (χ1v) is 6.82. The molecule has 1 atom stereocenters. The lowest BCUT2D eigenvalue weighted by Gasteiger charge is -2.15. The van der Waals surface area contributed by atoms with Crippen LogP contribution in [0, 0.1) is 6.92 Å². The van der Waals surface area contributed by atoms with E-state index in [0.717, 1.165) is 30.6 Å². The maximum atomic E-state index is 9.79. The number of hydrogen-bond donors (Lipinski definition) is 4. The lowest BCUT2D eigenvalue weighted by atomic mass is 10.1. The van der Waals surface area contributed by atoms with Gasteiger partial charge in [0.2, 0.25) is 0 Å². The summed E-state index contributed by atoms with van der Waals surface area (Å²) in [5.74, 6) is 0.199. The summed E-state index contributed by atoms with van der Waals surface area (Å²) in [6.07, 6.45) is 3.84. The lowest BCUT2D eigenvalue weighted by Crippen LogP contribution is -2.20. The second-order valence-corrected chi connectivity index (χ2v) is 5.04. The summed E-state index contributed by atoms with van der Waals surface area (Å²) >= 11 is 0. The number of aromatic amines is 1. The van der Waals surface area contributed by atoms with Crippen LogP contribution in [-0.2, 0) is 6.42 Å². The van der Waals surface area contributed by atoms with E-state index in [9.17, 15) is 10.2 Å². The van der Waals surface area contributed by atoms with Crippen LogP contribution >= 0.6 is 0 Å². The van der Waals surface area contributed by atoms with Gasteiger partial charge in [-0.3, -0.25) is 5.10 Å². The van der Waals surface area contributed by atoms with Crippen LogP contribution in [-0.4, -0.2) is 27.0 Å². The number of nitrogens with one attached hydrogen (secondary N) is 2. The molecule has 0 aliphatic carbocycles. The quantitative estimate of drug-likeness (QED) is 0.610. The Bertz CT molecular complexity index is 566. The van der Waals surface area contributed by atoms with Gasteiger partial charge in [0.15, 0.2) is 0 Å². The van der Waals surface area contributed by atoms with Crippen molar-refractivity contribution in [2.75, 3.05) is 6.54 Å². The number of H-pyrrole nitrogens is 1. The van der Waals surface area contributed by atoms with Gasteiger partial charge in [0.05, 0.1) is 6.20 Å². The van der Waals surface area contributed by atoms with E-state index in [0.29, 0.717) is 0 Å². The molecule has 0 radical (unpaired) electrons. The molecule has 0 saturated heterocycles. The van der Waals surface area contributed by atoms with E-state index in [1.807, 2.05) is 20.0 Å². The SMILES string of the molecule is Cc1[nH]ncc1CCCNC(C)c1ccc(O)cc1O. The minimum atomic E-state index is 0.0426. The first-order chi connectivity index (χ1) is 9.58. The molecular weight excluding hydrogens is 254 g/mol. The minimum Gasteiger partial charge on any atom is -0.508 e. The van der Waals surface area contributed by atoms with E-state index < -0.39 is 0 Å². The zero-order valence-corrected chi connectivity index (χ0v) is 11.8. The maximum Gasteiger partial charge on any atom is 0.124 e. The van der Waals surface area contributed by atoms with Gasteiger partial charge in [0.25, 0.3) is 0 Å². The number of phenols is 2. The summed E-state index contributed by atoms with van der Waals surface area (Å²) in [6, 6.07) is 4.73.